The molecule has 2 aliphatic rings. The molecule has 1 saturated heterocycles. The molecule has 2 heterocycles. The topological polar surface area (TPSA) is 71.7 Å². The zero-order chi connectivity index (χ0) is 25.1. The highest BCUT2D eigenvalue weighted by Crippen LogP contribution is 2.39. The van der Waals surface area contributed by atoms with Crippen molar-refractivity contribution in [1.29, 1.82) is 5.26 Å². The van der Waals surface area contributed by atoms with Crippen LogP contribution in [0.1, 0.15) is 23.6 Å². The van der Waals surface area contributed by atoms with Gasteiger partial charge in [0.05, 0.1) is 35.6 Å². The van der Waals surface area contributed by atoms with E-state index in [2.05, 4.69) is 40.6 Å². The van der Waals surface area contributed by atoms with Crippen LogP contribution in [0.15, 0.2) is 83.9 Å². The lowest BCUT2D eigenvalue weighted by atomic mass is 10.0. The Morgan fingerprint density at radius 3 is 2.64 bits per heavy atom. The van der Waals surface area contributed by atoms with E-state index in [9.17, 15) is 10.1 Å². The van der Waals surface area contributed by atoms with Crippen molar-refractivity contribution in [3.8, 4) is 6.07 Å². The van der Waals surface area contributed by atoms with Gasteiger partial charge in [-0.1, -0.05) is 72.4 Å². The summed E-state index contributed by atoms with van der Waals surface area (Å²) in [4.78, 5) is 22.8. The summed E-state index contributed by atoms with van der Waals surface area (Å²) < 4.78 is 0. The molecule has 0 bridgehead atoms. The molecule has 5 rings (SSSR count). The second-order valence-corrected chi connectivity index (χ2v) is 9.85. The summed E-state index contributed by atoms with van der Waals surface area (Å²) in [6, 6.07) is 25.7. The van der Waals surface area contributed by atoms with Gasteiger partial charge in [0.1, 0.15) is 5.25 Å². The number of amidine groups is 1. The third-order valence-corrected chi connectivity index (χ3v) is 7.67. The fraction of sp³-hybridized carbons (Fsp3) is 0.207. The van der Waals surface area contributed by atoms with Crippen LogP contribution in [0.2, 0.25) is 0 Å². The molecule has 36 heavy (non-hydrogen) atoms. The van der Waals surface area contributed by atoms with E-state index >= 15 is 0 Å². The molecule has 0 aromatic heterocycles. The van der Waals surface area contributed by atoms with Crippen LogP contribution in [-0.2, 0) is 11.3 Å². The molecule has 0 saturated carbocycles. The molecule has 2 aliphatic heterocycles. The van der Waals surface area contributed by atoms with E-state index < -0.39 is 0 Å². The van der Waals surface area contributed by atoms with E-state index in [4.69, 9.17) is 4.99 Å². The van der Waals surface area contributed by atoms with Crippen LogP contribution >= 0.6 is 11.8 Å². The third kappa shape index (κ3) is 4.60. The van der Waals surface area contributed by atoms with Crippen LogP contribution in [-0.4, -0.2) is 40.9 Å². The highest BCUT2D eigenvalue weighted by molar-refractivity contribution is 8.15. The van der Waals surface area contributed by atoms with Crippen LogP contribution in [0, 0.1) is 11.3 Å². The molecule has 0 spiro atoms. The second kappa shape index (κ2) is 10.3. The van der Waals surface area contributed by atoms with Gasteiger partial charge < -0.3 is 10.2 Å². The van der Waals surface area contributed by atoms with Crippen LogP contribution in [0.4, 0.5) is 17.1 Å². The van der Waals surface area contributed by atoms with Crippen molar-refractivity contribution in [3.63, 3.8) is 0 Å². The molecule has 2 atom stereocenters. The zero-order valence-corrected chi connectivity index (χ0v) is 21.1. The Morgan fingerprint density at radius 2 is 1.86 bits per heavy atom. The number of nitrogens with zero attached hydrogens (tertiary/aromatic N) is 4. The van der Waals surface area contributed by atoms with Crippen LogP contribution in [0.3, 0.4) is 0 Å². The number of rotatable bonds is 6. The number of carbonyl (C=O) groups is 1. The van der Waals surface area contributed by atoms with Gasteiger partial charge in [-0.25, -0.2) is 4.99 Å². The largest absolute Gasteiger partial charge is 0.384 e. The molecule has 6 nitrogen and oxygen atoms in total. The monoisotopic (exact) mass is 493 g/mol. The number of likely N-dealkylation sites (N-methyl/N-ethyl adjacent to an activating group) is 1. The molecule has 3 aromatic rings. The Hall–Kier alpha value is -4.02. The maximum Gasteiger partial charge on any atom is 0.244 e. The molecule has 0 aliphatic carbocycles. The lowest BCUT2D eigenvalue weighted by Gasteiger charge is -2.34. The Morgan fingerprint density at radius 1 is 1.08 bits per heavy atom. The zero-order valence-electron chi connectivity index (χ0n) is 20.3. The molecule has 7 heteroatoms. The van der Waals surface area contributed by atoms with Crippen molar-refractivity contribution < 1.29 is 4.79 Å². The lowest BCUT2D eigenvalue weighted by Crippen LogP contribution is -2.45. The van der Waals surface area contributed by atoms with Gasteiger partial charge in [-0.2, -0.15) is 5.26 Å². The fourth-order valence-corrected chi connectivity index (χ4v) is 5.87. The minimum Gasteiger partial charge on any atom is -0.384 e. The van der Waals surface area contributed by atoms with E-state index in [0.29, 0.717) is 23.0 Å². The van der Waals surface area contributed by atoms with Gasteiger partial charge in [0, 0.05) is 19.3 Å². The summed E-state index contributed by atoms with van der Waals surface area (Å²) in [5.74, 6) is 0.0323. The standard InChI is InChI=1S/C29H27N5OS/c1-3-31-23-15-13-21(18-30)17-24(23)32-29-34(19-20-9-5-4-6-10-20)28(35)27(36-29)26-16-14-22-11-7-8-12-25(22)33(26)2/h4-17,26-27,31H,3,19H2,1-2H3. The number of benzene rings is 3. The van der Waals surface area contributed by atoms with Gasteiger partial charge in [0.2, 0.25) is 5.91 Å². The van der Waals surface area contributed by atoms with Crippen LogP contribution in [0.5, 0.6) is 0 Å². The predicted octanol–water partition coefficient (Wildman–Crippen LogP) is 5.65. The summed E-state index contributed by atoms with van der Waals surface area (Å²) in [6.07, 6.45) is 4.21. The number of fused-ring (bicyclic) bond motifs is 1. The van der Waals surface area contributed by atoms with Crippen molar-refractivity contribution in [2.24, 2.45) is 4.99 Å². The molecule has 0 radical (unpaired) electrons. The maximum atomic E-state index is 13.9. The average molecular weight is 494 g/mol. The van der Waals surface area contributed by atoms with Gasteiger partial charge in [0.25, 0.3) is 0 Å². The van der Waals surface area contributed by atoms with Gasteiger partial charge in [-0.3, -0.25) is 9.69 Å². The van der Waals surface area contributed by atoms with Gasteiger partial charge in [-0.05, 0) is 42.3 Å². The first kappa shape index (κ1) is 23.7. The Balaban J connectivity index is 1.54. The molecular weight excluding hydrogens is 466 g/mol. The number of para-hydroxylation sites is 1. The molecular formula is C29H27N5OS. The molecule has 1 amide bonds. The SMILES string of the molecule is CCNc1ccc(C#N)cc1N=C1SC(C2C=Cc3ccccc3N2C)C(=O)N1Cc1ccccc1. The minimum absolute atomic E-state index is 0.0323. The molecule has 2 unspecified atom stereocenters. The van der Waals surface area contributed by atoms with Crippen molar-refractivity contribution in [2.45, 2.75) is 24.8 Å². The first-order valence-corrected chi connectivity index (χ1v) is 12.9. The number of amides is 1. The summed E-state index contributed by atoms with van der Waals surface area (Å²) >= 11 is 1.49. The average Bonchev–Trinajstić information content (AvgIpc) is 3.20. The van der Waals surface area contributed by atoms with E-state index in [1.807, 2.05) is 62.5 Å². The van der Waals surface area contributed by atoms with Crippen molar-refractivity contribution >= 4 is 46.0 Å². The van der Waals surface area contributed by atoms with E-state index in [0.717, 1.165) is 29.0 Å². The van der Waals surface area contributed by atoms with Gasteiger partial charge in [0.15, 0.2) is 5.17 Å². The number of nitrogens with one attached hydrogen (secondary N) is 1. The number of anilines is 2. The number of nitriles is 1. The fourth-order valence-electron chi connectivity index (χ4n) is 4.57. The van der Waals surface area contributed by atoms with E-state index in [-0.39, 0.29) is 17.2 Å². The first-order valence-electron chi connectivity index (χ1n) is 12.0. The van der Waals surface area contributed by atoms with E-state index in [1.54, 1.807) is 17.0 Å². The van der Waals surface area contributed by atoms with Crippen molar-refractivity contribution in [1.82, 2.24) is 4.90 Å². The van der Waals surface area contributed by atoms with Crippen LogP contribution in [0.25, 0.3) is 6.08 Å². The van der Waals surface area contributed by atoms with Gasteiger partial charge >= 0.3 is 0 Å². The Bertz CT molecular complexity index is 1380. The highest BCUT2D eigenvalue weighted by atomic mass is 32.2. The number of aliphatic imine (C=N–C) groups is 1. The minimum atomic E-state index is -0.344. The number of carbonyl (C=O) groups excluding carboxylic acids is 1. The Kier molecular flexibility index (Phi) is 6.79. The summed E-state index contributed by atoms with van der Waals surface area (Å²) in [5.41, 5.74) is 5.31. The second-order valence-electron chi connectivity index (χ2n) is 8.74. The van der Waals surface area contributed by atoms with E-state index in [1.165, 1.54) is 11.8 Å². The van der Waals surface area contributed by atoms with Crippen molar-refractivity contribution in [2.75, 3.05) is 23.8 Å². The molecule has 180 valence electrons. The summed E-state index contributed by atoms with van der Waals surface area (Å²) in [7, 11) is 2.04. The van der Waals surface area contributed by atoms with Crippen molar-refractivity contribution in [3.05, 3.63) is 95.6 Å². The predicted molar refractivity (Wildman–Crippen MR) is 148 cm³/mol. The quantitative estimate of drug-likeness (QED) is 0.480. The Labute approximate surface area is 216 Å². The lowest BCUT2D eigenvalue weighted by molar-refractivity contribution is -0.126. The summed E-state index contributed by atoms with van der Waals surface area (Å²) in [5, 5.41) is 13.1. The molecule has 1 N–H and O–H groups in total. The number of thioether (sulfide) groups is 1. The third-order valence-electron chi connectivity index (χ3n) is 6.41. The van der Waals surface area contributed by atoms with Gasteiger partial charge in [-0.15, -0.1) is 0 Å². The normalized spacial score (nSPS) is 19.9. The smallest absolute Gasteiger partial charge is 0.244 e. The molecule has 3 aromatic carbocycles. The number of hydrogen-bond donors (Lipinski definition) is 1. The highest BCUT2D eigenvalue weighted by Gasteiger charge is 2.44. The first-order chi connectivity index (χ1) is 17.6. The number of hydrogen-bond acceptors (Lipinski definition) is 6. The molecule has 1 fully saturated rings. The maximum absolute atomic E-state index is 13.9. The summed E-state index contributed by atoms with van der Waals surface area (Å²) in [6.45, 7) is 3.18. The van der Waals surface area contributed by atoms with Crippen LogP contribution < -0.4 is 10.2 Å².